The van der Waals surface area contributed by atoms with Crippen LogP contribution in [0.4, 0.5) is 5.82 Å². The minimum atomic E-state index is -0.532. The van der Waals surface area contributed by atoms with Crippen molar-refractivity contribution in [1.82, 2.24) is 9.55 Å². The SMILES string of the molecule is CCCCOC[C@H]1OC[C@@H](n2ccc(NC(=O)c3ccccc3)nc2=O)[C@H](OCCCC)[C@@H](OCCCC)[C@@H]1OCCCC. The fourth-order valence-electron chi connectivity index (χ4n) is 5.06. The summed E-state index contributed by atoms with van der Waals surface area (Å²) in [6.45, 7) is 11.3. The van der Waals surface area contributed by atoms with Crippen LogP contribution in [0.2, 0.25) is 0 Å². The molecule has 3 rings (SSSR count). The van der Waals surface area contributed by atoms with Crippen LogP contribution in [-0.4, -0.2) is 79.5 Å². The van der Waals surface area contributed by atoms with Gasteiger partial charge in [0.25, 0.3) is 5.91 Å². The molecule has 1 aliphatic rings. The molecule has 1 saturated heterocycles. The lowest BCUT2D eigenvalue weighted by Crippen LogP contribution is -2.51. The molecule has 246 valence electrons. The number of hydrogen-bond acceptors (Lipinski definition) is 8. The first-order valence-corrected chi connectivity index (χ1v) is 16.5. The van der Waals surface area contributed by atoms with Crippen LogP contribution in [0.3, 0.4) is 0 Å². The Kier molecular flexibility index (Phi) is 16.6. The Morgan fingerprint density at radius 3 is 2.05 bits per heavy atom. The molecular weight excluding hydrogens is 562 g/mol. The number of rotatable bonds is 20. The van der Waals surface area contributed by atoms with E-state index in [1.807, 2.05) is 6.07 Å². The van der Waals surface area contributed by atoms with Gasteiger partial charge in [-0.1, -0.05) is 71.6 Å². The number of unbranched alkanes of at least 4 members (excludes halogenated alkanes) is 4. The van der Waals surface area contributed by atoms with Gasteiger partial charge in [0.15, 0.2) is 0 Å². The highest BCUT2D eigenvalue weighted by molar-refractivity contribution is 6.03. The molecule has 0 radical (unpaired) electrons. The largest absolute Gasteiger partial charge is 0.379 e. The molecule has 0 unspecified atom stereocenters. The molecule has 1 fully saturated rings. The van der Waals surface area contributed by atoms with Gasteiger partial charge in [-0.2, -0.15) is 4.98 Å². The van der Waals surface area contributed by atoms with E-state index in [4.69, 9.17) is 23.7 Å². The minimum absolute atomic E-state index is 0.178. The highest BCUT2D eigenvalue weighted by atomic mass is 16.6. The number of ether oxygens (including phenoxy) is 5. The first-order valence-electron chi connectivity index (χ1n) is 16.5. The lowest BCUT2D eigenvalue weighted by Gasteiger charge is -2.36. The van der Waals surface area contributed by atoms with Crippen LogP contribution < -0.4 is 11.0 Å². The molecule has 44 heavy (non-hydrogen) atoms. The first kappa shape index (κ1) is 35.8. The Hall–Kier alpha value is -2.63. The summed E-state index contributed by atoms with van der Waals surface area (Å²) in [6.07, 6.45) is 7.41. The Morgan fingerprint density at radius 1 is 0.841 bits per heavy atom. The van der Waals surface area contributed by atoms with Crippen LogP contribution in [-0.2, 0) is 23.7 Å². The second-order valence-electron chi connectivity index (χ2n) is 11.3. The molecule has 0 saturated carbocycles. The number of hydrogen-bond donors (Lipinski definition) is 1. The van der Waals surface area contributed by atoms with Crippen molar-refractivity contribution in [2.24, 2.45) is 0 Å². The molecule has 10 nitrogen and oxygen atoms in total. The van der Waals surface area contributed by atoms with E-state index in [2.05, 4.69) is 38.0 Å². The van der Waals surface area contributed by atoms with Gasteiger partial charge < -0.3 is 29.0 Å². The average Bonchev–Trinajstić information content (AvgIpc) is 3.17. The van der Waals surface area contributed by atoms with Gasteiger partial charge in [-0.3, -0.25) is 9.36 Å². The molecule has 5 atom stereocenters. The number of anilines is 1. The number of nitrogens with zero attached hydrogens (tertiary/aromatic N) is 2. The van der Waals surface area contributed by atoms with E-state index in [-0.39, 0.29) is 18.3 Å². The number of nitrogens with one attached hydrogen (secondary N) is 1. The van der Waals surface area contributed by atoms with Crippen molar-refractivity contribution in [2.75, 3.05) is 45.0 Å². The summed E-state index contributed by atoms with van der Waals surface area (Å²) in [5.41, 5.74) is -0.0321. The zero-order valence-corrected chi connectivity index (χ0v) is 27.1. The zero-order valence-electron chi connectivity index (χ0n) is 27.1. The molecule has 2 aromatic rings. The van der Waals surface area contributed by atoms with Crippen molar-refractivity contribution in [3.63, 3.8) is 0 Å². The molecule has 10 heteroatoms. The van der Waals surface area contributed by atoms with E-state index in [0.29, 0.717) is 38.6 Å². The predicted molar refractivity (Wildman–Crippen MR) is 171 cm³/mol. The molecule has 1 N–H and O–H groups in total. The molecule has 0 bridgehead atoms. The summed E-state index contributed by atoms with van der Waals surface area (Å²) in [5.74, 6) is -0.159. The normalized spacial score (nSPS) is 22.0. The minimum Gasteiger partial charge on any atom is -0.379 e. The zero-order chi connectivity index (χ0) is 31.6. The third-order valence-corrected chi connectivity index (χ3v) is 7.69. The summed E-state index contributed by atoms with van der Waals surface area (Å²) in [5, 5.41) is 2.73. The monoisotopic (exact) mass is 615 g/mol. The Morgan fingerprint density at radius 2 is 1.43 bits per heavy atom. The highest BCUT2D eigenvalue weighted by Crippen LogP contribution is 2.31. The maximum atomic E-state index is 13.5. The number of carbonyl (C=O) groups is 1. The van der Waals surface area contributed by atoms with Gasteiger partial charge in [0, 0.05) is 38.2 Å². The molecule has 1 amide bonds. The fourth-order valence-corrected chi connectivity index (χ4v) is 5.06. The second kappa shape index (κ2) is 20.4. The van der Waals surface area contributed by atoms with Gasteiger partial charge in [0.05, 0.1) is 19.3 Å². The van der Waals surface area contributed by atoms with Gasteiger partial charge in [-0.15, -0.1) is 0 Å². The van der Waals surface area contributed by atoms with Crippen molar-refractivity contribution in [2.45, 2.75) is 110 Å². The van der Waals surface area contributed by atoms with Crippen LogP contribution in [0.1, 0.15) is 95.5 Å². The number of carbonyl (C=O) groups excluding carboxylic acids is 1. The van der Waals surface area contributed by atoms with Gasteiger partial charge in [0.1, 0.15) is 30.2 Å². The van der Waals surface area contributed by atoms with Crippen LogP contribution in [0.5, 0.6) is 0 Å². The van der Waals surface area contributed by atoms with Crippen molar-refractivity contribution < 1.29 is 28.5 Å². The Labute approximate surface area is 262 Å². The third-order valence-electron chi connectivity index (χ3n) is 7.69. The smallest absolute Gasteiger partial charge is 0.349 e. The van der Waals surface area contributed by atoms with E-state index < -0.39 is 36.1 Å². The van der Waals surface area contributed by atoms with E-state index in [9.17, 15) is 9.59 Å². The summed E-state index contributed by atoms with van der Waals surface area (Å²) in [4.78, 5) is 30.4. The van der Waals surface area contributed by atoms with Crippen molar-refractivity contribution in [3.8, 4) is 0 Å². The number of benzene rings is 1. The summed E-state index contributed by atoms with van der Waals surface area (Å²) in [7, 11) is 0. The summed E-state index contributed by atoms with van der Waals surface area (Å²) < 4.78 is 33.8. The maximum Gasteiger partial charge on any atom is 0.349 e. The van der Waals surface area contributed by atoms with Crippen molar-refractivity contribution in [1.29, 1.82) is 0 Å². The van der Waals surface area contributed by atoms with Crippen LogP contribution in [0, 0.1) is 0 Å². The molecule has 1 aromatic heterocycles. The predicted octanol–water partition coefficient (Wildman–Crippen LogP) is 5.81. The standard InChI is InChI=1S/C34H53N3O7/c1-5-9-20-40-25-28-31(42-22-11-7-3)32(43-23-12-8-4)30(41-21-10-6-2)27(24-44-28)37-19-18-29(36-34(37)39)35-33(38)26-16-14-13-15-17-26/h13-19,27-28,30-32H,5-12,20-25H2,1-4H3,(H,35,36,38,39)/t27-,28-,30+,31-,32-/m1/s1. The second-order valence-corrected chi connectivity index (χ2v) is 11.3. The topological polar surface area (TPSA) is 110 Å². The number of amides is 1. The highest BCUT2D eigenvalue weighted by Gasteiger charge is 2.46. The summed E-state index contributed by atoms with van der Waals surface area (Å²) in [6, 6.07) is 9.91. The third kappa shape index (κ3) is 11.1. The van der Waals surface area contributed by atoms with E-state index >= 15 is 0 Å². The average molecular weight is 616 g/mol. The molecule has 1 aromatic carbocycles. The van der Waals surface area contributed by atoms with E-state index in [1.54, 1.807) is 36.5 Å². The van der Waals surface area contributed by atoms with E-state index in [1.165, 1.54) is 4.57 Å². The Bertz CT molecular complexity index is 1130. The lowest BCUT2D eigenvalue weighted by molar-refractivity contribution is -0.170. The quantitative estimate of drug-likeness (QED) is 0.186. The maximum absolute atomic E-state index is 13.5. The van der Waals surface area contributed by atoms with Crippen LogP contribution in [0.15, 0.2) is 47.4 Å². The van der Waals surface area contributed by atoms with E-state index in [0.717, 1.165) is 51.4 Å². The van der Waals surface area contributed by atoms with Crippen LogP contribution in [0.25, 0.3) is 0 Å². The molecule has 2 heterocycles. The van der Waals surface area contributed by atoms with Gasteiger partial charge in [0.2, 0.25) is 0 Å². The molecule has 1 aliphatic heterocycles. The fraction of sp³-hybridized carbons (Fsp3) is 0.676. The van der Waals surface area contributed by atoms with Gasteiger partial charge in [-0.25, -0.2) is 4.79 Å². The molecule has 0 spiro atoms. The van der Waals surface area contributed by atoms with Crippen LogP contribution >= 0.6 is 0 Å². The first-order chi connectivity index (χ1) is 21.5. The lowest BCUT2D eigenvalue weighted by atomic mass is 9.98. The van der Waals surface area contributed by atoms with Crippen molar-refractivity contribution in [3.05, 3.63) is 58.6 Å². The molecular formula is C34H53N3O7. The van der Waals surface area contributed by atoms with Gasteiger partial charge in [-0.05, 0) is 43.9 Å². The van der Waals surface area contributed by atoms with Crippen molar-refractivity contribution >= 4 is 11.7 Å². The van der Waals surface area contributed by atoms with Gasteiger partial charge >= 0.3 is 5.69 Å². The number of aromatic nitrogens is 2. The Balaban J connectivity index is 1.95. The summed E-state index contributed by atoms with van der Waals surface area (Å²) >= 11 is 0. The molecule has 0 aliphatic carbocycles.